The van der Waals surface area contributed by atoms with Gasteiger partial charge in [0.05, 0.1) is 19.3 Å². The third kappa shape index (κ3) is 3.45. The maximum absolute atomic E-state index is 12.8. The van der Waals surface area contributed by atoms with Crippen molar-refractivity contribution >= 4 is 16.8 Å². The van der Waals surface area contributed by atoms with Crippen LogP contribution in [0.2, 0.25) is 0 Å². The van der Waals surface area contributed by atoms with E-state index in [4.69, 9.17) is 9.47 Å². The minimum absolute atomic E-state index is 0.0867. The molecule has 1 saturated heterocycles. The van der Waals surface area contributed by atoms with Gasteiger partial charge in [-0.2, -0.15) is 0 Å². The first kappa shape index (κ1) is 18.4. The third-order valence-corrected chi connectivity index (χ3v) is 4.98. The Hall–Kier alpha value is -2.38. The van der Waals surface area contributed by atoms with E-state index in [2.05, 4.69) is 29.0 Å². The fourth-order valence-electron chi connectivity index (χ4n) is 3.34. The average Bonchev–Trinajstić information content (AvgIpc) is 3.05. The van der Waals surface area contributed by atoms with Crippen molar-refractivity contribution in [2.45, 2.75) is 32.0 Å². The summed E-state index contributed by atoms with van der Waals surface area (Å²) in [6.45, 7) is 5.67. The van der Waals surface area contributed by atoms with Crippen molar-refractivity contribution in [2.24, 2.45) is 0 Å². The van der Waals surface area contributed by atoms with Gasteiger partial charge in [0.1, 0.15) is 11.3 Å². The summed E-state index contributed by atoms with van der Waals surface area (Å²) in [4.78, 5) is 30.7. The first-order valence-electron chi connectivity index (χ1n) is 8.71. The molecule has 0 unspecified atom stereocenters. The lowest BCUT2D eigenvalue weighted by Crippen LogP contribution is -2.45. The molecular formula is C19H25N3O4. The maximum Gasteiger partial charge on any atom is 0.257 e. The second-order valence-corrected chi connectivity index (χ2v) is 6.84. The molecule has 7 heteroatoms. The summed E-state index contributed by atoms with van der Waals surface area (Å²) in [7, 11) is 3.18. The molecule has 1 fully saturated rings. The summed E-state index contributed by atoms with van der Waals surface area (Å²) in [6, 6.07) is 5.37. The molecule has 1 aliphatic heterocycles. The summed E-state index contributed by atoms with van der Waals surface area (Å²) < 4.78 is 10.7. The van der Waals surface area contributed by atoms with Gasteiger partial charge in [0, 0.05) is 43.3 Å². The van der Waals surface area contributed by atoms with E-state index in [0.29, 0.717) is 29.2 Å². The monoisotopic (exact) mass is 359 g/mol. The summed E-state index contributed by atoms with van der Waals surface area (Å²) in [5.74, 6) is 0.178. The molecule has 1 amide bonds. The molecule has 3 rings (SSSR count). The van der Waals surface area contributed by atoms with Gasteiger partial charge in [-0.05, 0) is 32.0 Å². The quantitative estimate of drug-likeness (QED) is 0.843. The van der Waals surface area contributed by atoms with Crippen molar-refractivity contribution in [2.75, 3.05) is 27.3 Å². The van der Waals surface area contributed by atoms with Crippen LogP contribution in [0.5, 0.6) is 5.75 Å². The van der Waals surface area contributed by atoms with Crippen LogP contribution in [0.1, 0.15) is 24.2 Å². The Morgan fingerprint density at radius 2 is 2.08 bits per heavy atom. The molecular weight excluding hydrogens is 334 g/mol. The van der Waals surface area contributed by atoms with Crippen molar-refractivity contribution in [1.29, 1.82) is 0 Å². The lowest BCUT2D eigenvalue weighted by atomic mass is 10.1. The fourth-order valence-corrected chi connectivity index (χ4v) is 3.34. The number of benzene rings is 1. The molecule has 0 spiro atoms. The minimum Gasteiger partial charge on any atom is -0.497 e. The van der Waals surface area contributed by atoms with Crippen LogP contribution < -0.4 is 15.5 Å². The number of carbonyl (C=O) groups excluding carboxylic acids is 1. The number of rotatable bonds is 5. The second-order valence-electron chi connectivity index (χ2n) is 6.84. The summed E-state index contributed by atoms with van der Waals surface area (Å²) in [5.41, 5.74) is 0.431. The van der Waals surface area contributed by atoms with Gasteiger partial charge >= 0.3 is 0 Å². The highest BCUT2D eigenvalue weighted by atomic mass is 16.5. The van der Waals surface area contributed by atoms with Crippen molar-refractivity contribution in [3.8, 4) is 5.75 Å². The van der Waals surface area contributed by atoms with Crippen LogP contribution in [-0.2, 0) is 4.74 Å². The second kappa shape index (κ2) is 7.47. The number of hydrogen-bond acceptors (Lipinski definition) is 5. The minimum atomic E-state index is -0.395. The SMILES string of the molecule is COc1ccc2[nH]cc(C(=O)N[C@@H]3CN(C(C)C)C[C@H]3OC)c(=O)c2c1. The number of aromatic amines is 1. The van der Waals surface area contributed by atoms with Gasteiger partial charge in [-0.1, -0.05) is 0 Å². The zero-order valence-corrected chi connectivity index (χ0v) is 15.5. The first-order chi connectivity index (χ1) is 12.4. The lowest BCUT2D eigenvalue weighted by molar-refractivity contribution is 0.0752. The van der Waals surface area contributed by atoms with Gasteiger partial charge in [-0.15, -0.1) is 0 Å². The number of carbonyl (C=O) groups is 1. The Kier molecular flexibility index (Phi) is 5.29. The molecule has 1 aromatic heterocycles. The van der Waals surface area contributed by atoms with Crippen LogP contribution in [0, 0.1) is 0 Å². The fraction of sp³-hybridized carbons (Fsp3) is 0.474. The number of amides is 1. The van der Waals surface area contributed by atoms with Crippen molar-refractivity contribution < 1.29 is 14.3 Å². The molecule has 140 valence electrons. The Balaban J connectivity index is 1.86. The van der Waals surface area contributed by atoms with E-state index >= 15 is 0 Å². The van der Waals surface area contributed by atoms with Crippen molar-refractivity contribution in [1.82, 2.24) is 15.2 Å². The van der Waals surface area contributed by atoms with Crippen LogP contribution in [0.4, 0.5) is 0 Å². The van der Waals surface area contributed by atoms with Gasteiger partial charge in [0.25, 0.3) is 5.91 Å². The predicted octanol–water partition coefficient (Wildman–Crippen LogP) is 1.37. The standard InChI is InChI=1S/C19H25N3O4/c1-11(2)22-9-16(17(10-22)26-4)21-19(24)14-8-20-15-6-5-12(25-3)7-13(15)18(14)23/h5-8,11,16-17H,9-10H2,1-4H3,(H,20,23)(H,21,24)/t16-,17-/m1/s1. The van der Waals surface area contributed by atoms with E-state index in [1.807, 2.05) is 0 Å². The van der Waals surface area contributed by atoms with Crippen LogP contribution in [0.3, 0.4) is 0 Å². The molecule has 0 aliphatic carbocycles. The molecule has 2 N–H and O–H groups in total. The highest BCUT2D eigenvalue weighted by molar-refractivity contribution is 5.97. The van der Waals surface area contributed by atoms with Crippen LogP contribution in [0.15, 0.2) is 29.2 Å². The van der Waals surface area contributed by atoms with Gasteiger partial charge in [-0.25, -0.2) is 0 Å². The number of pyridine rings is 1. The Labute approximate surface area is 152 Å². The smallest absolute Gasteiger partial charge is 0.257 e. The van der Waals surface area contributed by atoms with E-state index < -0.39 is 5.91 Å². The van der Waals surface area contributed by atoms with Gasteiger partial charge in [-0.3, -0.25) is 14.5 Å². The third-order valence-electron chi connectivity index (χ3n) is 4.98. The molecule has 2 aromatic rings. The van der Waals surface area contributed by atoms with Crippen LogP contribution >= 0.6 is 0 Å². The number of likely N-dealkylation sites (tertiary alicyclic amines) is 1. The van der Waals surface area contributed by atoms with E-state index in [1.165, 1.54) is 13.3 Å². The van der Waals surface area contributed by atoms with Crippen LogP contribution in [0.25, 0.3) is 10.9 Å². The maximum atomic E-state index is 12.8. The van der Waals surface area contributed by atoms with Crippen LogP contribution in [-0.4, -0.2) is 61.3 Å². The largest absolute Gasteiger partial charge is 0.497 e. The number of ether oxygens (including phenoxy) is 2. The molecule has 0 saturated carbocycles. The van der Waals surface area contributed by atoms with E-state index in [-0.39, 0.29) is 23.1 Å². The molecule has 0 bridgehead atoms. The average molecular weight is 359 g/mol. The van der Waals surface area contributed by atoms with Gasteiger partial charge in [0.2, 0.25) is 5.43 Å². The molecule has 1 aliphatic rings. The van der Waals surface area contributed by atoms with Crippen molar-refractivity contribution in [3.05, 3.63) is 40.2 Å². The Bertz CT molecular complexity index is 861. The number of methoxy groups -OCH3 is 2. The number of aromatic nitrogens is 1. The highest BCUT2D eigenvalue weighted by Gasteiger charge is 2.35. The summed E-state index contributed by atoms with van der Waals surface area (Å²) in [6.07, 6.45) is 1.37. The predicted molar refractivity (Wildman–Crippen MR) is 99.9 cm³/mol. The number of H-pyrrole nitrogens is 1. The number of nitrogens with one attached hydrogen (secondary N) is 2. The lowest BCUT2D eigenvalue weighted by Gasteiger charge is -2.20. The Morgan fingerprint density at radius 3 is 2.73 bits per heavy atom. The Morgan fingerprint density at radius 1 is 1.31 bits per heavy atom. The van der Waals surface area contributed by atoms with E-state index in [1.54, 1.807) is 25.3 Å². The molecule has 2 atom stereocenters. The molecule has 0 radical (unpaired) electrons. The number of fused-ring (bicyclic) bond motifs is 1. The van der Waals surface area contributed by atoms with Crippen molar-refractivity contribution in [3.63, 3.8) is 0 Å². The molecule has 2 heterocycles. The topological polar surface area (TPSA) is 83.7 Å². The summed E-state index contributed by atoms with van der Waals surface area (Å²) in [5, 5.41) is 3.38. The van der Waals surface area contributed by atoms with E-state index in [9.17, 15) is 9.59 Å². The zero-order chi connectivity index (χ0) is 18.8. The highest BCUT2D eigenvalue weighted by Crippen LogP contribution is 2.18. The van der Waals surface area contributed by atoms with Gasteiger partial charge in [0.15, 0.2) is 0 Å². The molecule has 7 nitrogen and oxygen atoms in total. The first-order valence-corrected chi connectivity index (χ1v) is 8.71. The number of nitrogens with zero attached hydrogens (tertiary/aromatic N) is 1. The normalized spacial score (nSPS) is 20.7. The summed E-state index contributed by atoms with van der Waals surface area (Å²) >= 11 is 0. The van der Waals surface area contributed by atoms with Gasteiger partial charge < -0.3 is 19.8 Å². The molecule has 26 heavy (non-hydrogen) atoms. The zero-order valence-electron chi connectivity index (χ0n) is 15.5. The molecule has 1 aromatic carbocycles. The van der Waals surface area contributed by atoms with E-state index in [0.717, 1.165) is 6.54 Å². The number of hydrogen-bond donors (Lipinski definition) is 2.